The van der Waals surface area contributed by atoms with Gasteiger partial charge in [-0.1, -0.05) is 45.2 Å². The highest BCUT2D eigenvalue weighted by atomic mass is 79.9. The summed E-state index contributed by atoms with van der Waals surface area (Å²) in [5, 5.41) is 4.45. The molecule has 1 N–H and O–H groups in total. The van der Waals surface area contributed by atoms with Gasteiger partial charge in [0.2, 0.25) is 5.91 Å². The maximum atomic E-state index is 12.3. The first-order valence-corrected chi connectivity index (χ1v) is 8.98. The maximum Gasteiger partial charge on any atom is 0.240 e. The Balaban J connectivity index is 1.77. The number of hydrogen-bond donors (Lipinski definition) is 1. The van der Waals surface area contributed by atoms with Gasteiger partial charge >= 0.3 is 0 Å². The van der Waals surface area contributed by atoms with Gasteiger partial charge in [0.25, 0.3) is 0 Å². The lowest BCUT2D eigenvalue weighted by Crippen LogP contribution is -2.27. The van der Waals surface area contributed by atoms with Crippen molar-refractivity contribution in [2.45, 2.75) is 13.1 Å². The Labute approximate surface area is 162 Å². The van der Waals surface area contributed by atoms with E-state index < -0.39 is 0 Å². The molecule has 2 aromatic carbocycles. The van der Waals surface area contributed by atoms with E-state index in [1.165, 1.54) is 6.07 Å². The predicted octanol–water partition coefficient (Wildman–Crippen LogP) is 4.39. The van der Waals surface area contributed by atoms with Crippen molar-refractivity contribution in [1.82, 2.24) is 9.88 Å². The molecule has 0 saturated carbocycles. The van der Waals surface area contributed by atoms with Gasteiger partial charge in [-0.05, 0) is 35.9 Å². The summed E-state index contributed by atoms with van der Waals surface area (Å²) in [5.41, 5.74) is 1.40. The van der Waals surface area contributed by atoms with Crippen LogP contribution in [0, 0.1) is 0 Å². The number of rotatable bonds is 4. The number of benzene rings is 2. The molecule has 0 aliphatic heterocycles. The van der Waals surface area contributed by atoms with Crippen LogP contribution in [0.4, 0.5) is 0 Å². The maximum absolute atomic E-state index is 12.3. The van der Waals surface area contributed by atoms with E-state index in [0.717, 1.165) is 10.0 Å². The summed E-state index contributed by atoms with van der Waals surface area (Å²) in [4.78, 5) is 24.2. The van der Waals surface area contributed by atoms with Crippen molar-refractivity contribution >= 4 is 55.9 Å². The Morgan fingerprint density at radius 1 is 1.12 bits per heavy atom. The zero-order valence-electron chi connectivity index (χ0n) is 12.9. The number of halogens is 3. The van der Waals surface area contributed by atoms with Crippen LogP contribution in [0.25, 0.3) is 10.9 Å². The molecule has 0 radical (unpaired) electrons. The molecule has 0 bridgehead atoms. The third-order valence-electron chi connectivity index (χ3n) is 3.75. The van der Waals surface area contributed by atoms with Crippen LogP contribution in [0.15, 0.2) is 57.9 Å². The third-order valence-corrected chi connectivity index (χ3v) is 4.83. The molecule has 0 aliphatic rings. The molecule has 7 heteroatoms. The first kappa shape index (κ1) is 18.0. The van der Waals surface area contributed by atoms with E-state index in [1.54, 1.807) is 41.1 Å². The van der Waals surface area contributed by atoms with E-state index >= 15 is 0 Å². The number of amides is 1. The highest BCUT2D eigenvalue weighted by Gasteiger charge is 2.09. The summed E-state index contributed by atoms with van der Waals surface area (Å²) in [6, 6.07) is 12.0. The molecule has 0 saturated heterocycles. The second kappa shape index (κ2) is 7.60. The molecule has 1 heterocycles. The molecule has 0 spiro atoms. The van der Waals surface area contributed by atoms with Crippen LogP contribution in [-0.4, -0.2) is 10.5 Å². The summed E-state index contributed by atoms with van der Waals surface area (Å²) in [5.74, 6) is -0.184. The Bertz CT molecular complexity index is 1020. The largest absolute Gasteiger partial charge is 0.350 e. The highest BCUT2D eigenvalue weighted by molar-refractivity contribution is 9.10. The Morgan fingerprint density at radius 3 is 2.68 bits per heavy atom. The van der Waals surface area contributed by atoms with Crippen LogP contribution in [-0.2, 0) is 17.9 Å². The highest BCUT2D eigenvalue weighted by Crippen LogP contribution is 2.21. The molecule has 1 aromatic heterocycles. The average molecular weight is 440 g/mol. The van der Waals surface area contributed by atoms with Crippen LogP contribution >= 0.6 is 39.1 Å². The van der Waals surface area contributed by atoms with Gasteiger partial charge in [-0.25, -0.2) is 0 Å². The summed E-state index contributed by atoms with van der Waals surface area (Å²) in [7, 11) is 0. The summed E-state index contributed by atoms with van der Waals surface area (Å²) in [6.07, 6.45) is 1.62. The number of hydrogen-bond acceptors (Lipinski definition) is 2. The average Bonchev–Trinajstić information content (AvgIpc) is 2.56. The first-order chi connectivity index (χ1) is 11.9. The molecule has 25 heavy (non-hydrogen) atoms. The molecule has 0 aliphatic carbocycles. The van der Waals surface area contributed by atoms with E-state index in [4.69, 9.17) is 23.2 Å². The summed E-state index contributed by atoms with van der Waals surface area (Å²) < 4.78 is 2.58. The number of carbonyl (C=O) groups is 1. The third kappa shape index (κ3) is 4.24. The summed E-state index contributed by atoms with van der Waals surface area (Å²) >= 11 is 15.4. The number of fused-ring (bicyclic) bond motifs is 1. The molecular formula is C18H13BrCl2N2O2. The molecule has 0 unspecified atom stereocenters. The number of pyridine rings is 1. The van der Waals surface area contributed by atoms with Gasteiger partial charge in [0.15, 0.2) is 5.43 Å². The van der Waals surface area contributed by atoms with Crippen molar-refractivity contribution in [2.24, 2.45) is 0 Å². The molecule has 0 atom stereocenters. The fraction of sp³-hybridized carbons (Fsp3) is 0.111. The van der Waals surface area contributed by atoms with Crippen molar-refractivity contribution in [2.75, 3.05) is 0 Å². The topological polar surface area (TPSA) is 51.1 Å². The minimum atomic E-state index is -0.184. The van der Waals surface area contributed by atoms with E-state index in [9.17, 15) is 9.59 Å². The fourth-order valence-electron chi connectivity index (χ4n) is 2.49. The summed E-state index contributed by atoms with van der Waals surface area (Å²) in [6.45, 7) is 0.398. The van der Waals surface area contributed by atoms with Crippen molar-refractivity contribution in [3.63, 3.8) is 0 Å². The van der Waals surface area contributed by atoms with E-state index in [2.05, 4.69) is 21.2 Å². The van der Waals surface area contributed by atoms with Gasteiger partial charge in [-0.15, -0.1) is 0 Å². The van der Waals surface area contributed by atoms with Crippen LogP contribution < -0.4 is 10.7 Å². The molecular weight excluding hydrogens is 427 g/mol. The Hall–Kier alpha value is -1.82. The van der Waals surface area contributed by atoms with Gasteiger partial charge in [-0.2, -0.15) is 0 Å². The first-order valence-electron chi connectivity index (χ1n) is 7.43. The molecule has 3 rings (SSSR count). The Morgan fingerprint density at radius 2 is 1.92 bits per heavy atom. The zero-order valence-corrected chi connectivity index (χ0v) is 16.0. The number of nitrogens with one attached hydrogen (secondary N) is 1. The lowest BCUT2D eigenvalue weighted by molar-refractivity contribution is -0.121. The molecule has 1 amide bonds. The van der Waals surface area contributed by atoms with Crippen LogP contribution in [0.1, 0.15) is 5.56 Å². The second-order valence-corrected chi connectivity index (χ2v) is 7.24. The quantitative estimate of drug-likeness (QED) is 0.655. The zero-order chi connectivity index (χ0) is 18.0. The smallest absolute Gasteiger partial charge is 0.240 e. The monoisotopic (exact) mass is 438 g/mol. The number of nitrogens with zero attached hydrogens (tertiary/aromatic N) is 1. The van der Waals surface area contributed by atoms with E-state index in [0.29, 0.717) is 27.5 Å². The molecule has 3 aromatic rings. The van der Waals surface area contributed by atoms with Gasteiger partial charge in [0, 0.05) is 38.7 Å². The Kier molecular flexibility index (Phi) is 5.47. The minimum Gasteiger partial charge on any atom is -0.350 e. The van der Waals surface area contributed by atoms with Crippen molar-refractivity contribution in [3.8, 4) is 0 Å². The fourth-order valence-corrected chi connectivity index (χ4v) is 3.31. The number of carbonyl (C=O) groups excluding carboxylic acids is 1. The SMILES string of the molecule is O=C(Cn1ccc(=O)c2ccc(Br)cc21)NCc1ccc(Cl)cc1Cl. The second-order valence-electron chi connectivity index (χ2n) is 5.48. The normalized spacial score (nSPS) is 10.8. The van der Waals surface area contributed by atoms with Crippen LogP contribution in [0.2, 0.25) is 10.0 Å². The van der Waals surface area contributed by atoms with Gasteiger partial charge < -0.3 is 9.88 Å². The molecule has 4 nitrogen and oxygen atoms in total. The van der Waals surface area contributed by atoms with Gasteiger partial charge in [-0.3, -0.25) is 9.59 Å². The lowest BCUT2D eigenvalue weighted by atomic mass is 10.2. The lowest BCUT2D eigenvalue weighted by Gasteiger charge is -2.12. The van der Waals surface area contributed by atoms with Crippen LogP contribution in [0.5, 0.6) is 0 Å². The van der Waals surface area contributed by atoms with Gasteiger partial charge in [0.05, 0.1) is 5.52 Å². The standard InChI is InChI=1S/C18H13BrCl2N2O2/c19-12-2-4-14-16(7-12)23(6-5-17(14)24)10-18(25)22-9-11-1-3-13(20)8-15(11)21/h1-8H,9-10H2,(H,22,25). The minimum absolute atomic E-state index is 0.0768. The van der Waals surface area contributed by atoms with E-state index in [1.807, 2.05) is 6.07 Å². The number of aromatic nitrogens is 1. The predicted molar refractivity (Wildman–Crippen MR) is 104 cm³/mol. The van der Waals surface area contributed by atoms with Gasteiger partial charge in [0.1, 0.15) is 6.54 Å². The van der Waals surface area contributed by atoms with Crippen molar-refractivity contribution in [3.05, 3.63) is 79.0 Å². The van der Waals surface area contributed by atoms with Crippen LogP contribution in [0.3, 0.4) is 0 Å². The molecule has 0 fully saturated rings. The van der Waals surface area contributed by atoms with Crippen molar-refractivity contribution in [1.29, 1.82) is 0 Å². The van der Waals surface area contributed by atoms with Crippen molar-refractivity contribution < 1.29 is 4.79 Å². The van der Waals surface area contributed by atoms with E-state index in [-0.39, 0.29) is 17.9 Å². The molecule has 128 valence electrons.